The second-order valence-corrected chi connectivity index (χ2v) is 4.34. The van der Waals surface area contributed by atoms with Crippen LogP contribution in [0.4, 0.5) is 0 Å². The lowest BCUT2D eigenvalue weighted by molar-refractivity contribution is -0.605. The monoisotopic (exact) mass is 268 g/mol. The van der Waals surface area contributed by atoms with Gasteiger partial charge in [-0.2, -0.15) is 4.73 Å². The Morgan fingerprint density at radius 2 is 2.15 bits per heavy atom. The molecule has 6 nitrogen and oxygen atoms in total. The molecule has 2 heterocycles. The Kier molecular flexibility index (Phi) is 3.04. The van der Waals surface area contributed by atoms with E-state index < -0.39 is 0 Å². The number of hydrogen-bond acceptors (Lipinski definition) is 3. The van der Waals surface area contributed by atoms with E-state index in [2.05, 4.69) is 15.3 Å². The van der Waals surface area contributed by atoms with E-state index in [1.54, 1.807) is 6.07 Å². The number of benzene rings is 1. The third-order valence-electron chi connectivity index (χ3n) is 2.89. The zero-order valence-electron chi connectivity index (χ0n) is 10.5. The summed E-state index contributed by atoms with van der Waals surface area (Å²) in [5, 5.41) is 13.8. The first-order valence-electron chi connectivity index (χ1n) is 6.13. The SMILES string of the molecule is O=C(NCc1nc2ccccc2[nH]1)c1ccc[n+]([O-])c1. The first-order chi connectivity index (χ1) is 9.72. The fraction of sp³-hybridized carbons (Fsp3) is 0.0714. The van der Waals surface area contributed by atoms with Crippen LogP contribution >= 0.6 is 0 Å². The Morgan fingerprint density at radius 1 is 1.30 bits per heavy atom. The summed E-state index contributed by atoms with van der Waals surface area (Å²) >= 11 is 0. The summed E-state index contributed by atoms with van der Waals surface area (Å²) in [5.74, 6) is 0.362. The van der Waals surface area contributed by atoms with Crippen LogP contribution in [0.15, 0.2) is 48.8 Å². The third kappa shape index (κ3) is 2.44. The molecule has 3 aromatic rings. The number of nitrogens with one attached hydrogen (secondary N) is 2. The predicted octanol–water partition coefficient (Wildman–Crippen LogP) is 1.13. The zero-order valence-corrected chi connectivity index (χ0v) is 10.5. The van der Waals surface area contributed by atoms with Gasteiger partial charge in [0.2, 0.25) is 0 Å². The second-order valence-electron chi connectivity index (χ2n) is 4.34. The first-order valence-corrected chi connectivity index (χ1v) is 6.13. The van der Waals surface area contributed by atoms with Gasteiger partial charge in [-0.15, -0.1) is 0 Å². The summed E-state index contributed by atoms with van der Waals surface area (Å²) in [6.45, 7) is 0.279. The molecule has 0 unspecified atom stereocenters. The van der Waals surface area contributed by atoms with Crippen molar-refractivity contribution in [1.29, 1.82) is 0 Å². The van der Waals surface area contributed by atoms with E-state index in [1.807, 2.05) is 24.3 Å². The van der Waals surface area contributed by atoms with E-state index in [0.717, 1.165) is 11.0 Å². The molecule has 3 rings (SSSR count). The summed E-state index contributed by atoms with van der Waals surface area (Å²) in [4.78, 5) is 19.4. The number of amides is 1. The minimum atomic E-state index is -0.310. The first kappa shape index (κ1) is 12.2. The molecule has 0 spiro atoms. The van der Waals surface area contributed by atoms with Crippen LogP contribution in [-0.4, -0.2) is 15.9 Å². The van der Waals surface area contributed by atoms with Crippen LogP contribution in [0.1, 0.15) is 16.2 Å². The van der Waals surface area contributed by atoms with Gasteiger partial charge in [-0.25, -0.2) is 4.98 Å². The fourth-order valence-electron chi connectivity index (χ4n) is 1.94. The van der Waals surface area contributed by atoms with Crippen LogP contribution in [-0.2, 0) is 6.54 Å². The normalized spacial score (nSPS) is 10.6. The minimum Gasteiger partial charge on any atom is -0.619 e. The second kappa shape index (κ2) is 5.00. The molecule has 0 aliphatic carbocycles. The van der Waals surface area contributed by atoms with Crippen LogP contribution < -0.4 is 10.0 Å². The number of fused-ring (bicyclic) bond motifs is 1. The molecular formula is C14H12N4O2. The number of carbonyl (C=O) groups excluding carboxylic acids is 1. The van der Waals surface area contributed by atoms with E-state index >= 15 is 0 Å². The van der Waals surface area contributed by atoms with Crippen molar-refractivity contribution in [2.45, 2.75) is 6.54 Å². The van der Waals surface area contributed by atoms with Crippen molar-refractivity contribution >= 4 is 16.9 Å². The Morgan fingerprint density at radius 3 is 2.95 bits per heavy atom. The molecule has 1 amide bonds. The molecule has 0 bridgehead atoms. The number of pyridine rings is 1. The molecule has 2 N–H and O–H groups in total. The van der Waals surface area contributed by atoms with E-state index in [1.165, 1.54) is 18.5 Å². The number of carbonyl (C=O) groups is 1. The van der Waals surface area contributed by atoms with Gasteiger partial charge in [-0.1, -0.05) is 12.1 Å². The topological polar surface area (TPSA) is 84.7 Å². The molecular weight excluding hydrogens is 256 g/mol. The minimum absolute atomic E-state index is 0.279. The third-order valence-corrected chi connectivity index (χ3v) is 2.89. The molecule has 100 valence electrons. The summed E-state index contributed by atoms with van der Waals surface area (Å²) in [6, 6.07) is 10.8. The van der Waals surface area contributed by atoms with E-state index in [0.29, 0.717) is 16.1 Å². The number of para-hydroxylation sites is 2. The number of aromatic nitrogens is 3. The average Bonchev–Trinajstić information content (AvgIpc) is 2.87. The van der Waals surface area contributed by atoms with Gasteiger partial charge >= 0.3 is 0 Å². The molecule has 1 aromatic carbocycles. The molecule has 0 atom stereocenters. The number of imidazole rings is 1. The van der Waals surface area contributed by atoms with E-state index in [-0.39, 0.29) is 12.5 Å². The van der Waals surface area contributed by atoms with Crippen molar-refractivity contribution in [2.24, 2.45) is 0 Å². The van der Waals surface area contributed by atoms with Crippen LogP contribution in [0.2, 0.25) is 0 Å². The smallest absolute Gasteiger partial charge is 0.257 e. The number of H-pyrrole nitrogens is 1. The summed E-state index contributed by atoms with van der Waals surface area (Å²) in [6.07, 6.45) is 2.56. The van der Waals surface area contributed by atoms with Gasteiger partial charge in [-0.05, 0) is 18.2 Å². The predicted molar refractivity (Wildman–Crippen MR) is 72.7 cm³/mol. The number of aromatic amines is 1. The average molecular weight is 268 g/mol. The highest BCUT2D eigenvalue weighted by Crippen LogP contribution is 2.10. The zero-order chi connectivity index (χ0) is 13.9. The number of nitrogens with zero attached hydrogens (tertiary/aromatic N) is 2. The van der Waals surface area contributed by atoms with Crippen molar-refractivity contribution in [2.75, 3.05) is 0 Å². The van der Waals surface area contributed by atoms with Crippen molar-refractivity contribution in [3.63, 3.8) is 0 Å². The van der Waals surface area contributed by atoms with Crippen LogP contribution in [0.25, 0.3) is 11.0 Å². The Hall–Kier alpha value is -2.89. The van der Waals surface area contributed by atoms with Gasteiger partial charge in [0.25, 0.3) is 5.91 Å². The van der Waals surface area contributed by atoms with Crippen LogP contribution in [0.5, 0.6) is 0 Å². The Balaban J connectivity index is 1.71. The van der Waals surface area contributed by atoms with Crippen molar-refractivity contribution in [1.82, 2.24) is 15.3 Å². The van der Waals surface area contributed by atoms with E-state index in [4.69, 9.17) is 0 Å². The standard InChI is InChI=1S/C14H12N4O2/c19-14(10-4-3-7-18(20)9-10)15-8-13-16-11-5-1-2-6-12(11)17-13/h1-7,9H,8H2,(H,15,19)(H,16,17). The van der Waals surface area contributed by atoms with Crippen LogP contribution in [0, 0.1) is 5.21 Å². The van der Waals surface area contributed by atoms with Gasteiger partial charge in [0.15, 0.2) is 12.4 Å². The van der Waals surface area contributed by atoms with Gasteiger partial charge < -0.3 is 15.5 Å². The lowest BCUT2D eigenvalue weighted by Crippen LogP contribution is -2.29. The largest absolute Gasteiger partial charge is 0.619 e. The molecule has 0 fully saturated rings. The highest BCUT2D eigenvalue weighted by atomic mass is 16.5. The van der Waals surface area contributed by atoms with Gasteiger partial charge in [0.05, 0.1) is 17.6 Å². The lowest BCUT2D eigenvalue weighted by Gasteiger charge is -2.02. The quantitative estimate of drug-likeness (QED) is 0.551. The molecule has 0 radical (unpaired) electrons. The van der Waals surface area contributed by atoms with Crippen LogP contribution in [0.3, 0.4) is 0 Å². The molecule has 0 saturated heterocycles. The molecule has 0 aliphatic rings. The highest BCUT2D eigenvalue weighted by Gasteiger charge is 2.09. The molecule has 0 aliphatic heterocycles. The fourth-order valence-corrected chi connectivity index (χ4v) is 1.94. The van der Waals surface area contributed by atoms with Gasteiger partial charge in [0, 0.05) is 6.07 Å². The van der Waals surface area contributed by atoms with Gasteiger partial charge in [0.1, 0.15) is 11.4 Å². The number of rotatable bonds is 3. The maximum absolute atomic E-state index is 11.9. The summed E-state index contributed by atoms with van der Waals surface area (Å²) < 4.78 is 0.593. The highest BCUT2D eigenvalue weighted by molar-refractivity contribution is 5.93. The molecule has 2 aromatic heterocycles. The molecule has 0 saturated carbocycles. The maximum Gasteiger partial charge on any atom is 0.257 e. The van der Waals surface area contributed by atoms with Crippen molar-refractivity contribution in [3.05, 3.63) is 65.4 Å². The summed E-state index contributed by atoms with van der Waals surface area (Å²) in [5.41, 5.74) is 2.10. The molecule has 20 heavy (non-hydrogen) atoms. The van der Waals surface area contributed by atoms with Crippen molar-refractivity contribution in [3.8, 4) is 0 Å². The Bertz CT molecular complexity index is 733. The molecule has 6 heteroatoms. The maximum atomic E-state index is 11.9. The summed E-state index contributed by atoms with van der Waals surface area (Å²) in [7, 11) is 0. The number of hydrogen-bond donors (Lipinski definition) is 2. The van der Waals surface area contributed by atoms with E-state index in [9.17, 15) is 10.0 Å². The van der Waals surface area contributed by atoms with Gasteiger partial charge in [-0.3, -0.25) is 4.79 Å². The van der Waals surface area contributed by atoms with Crippen molar-refractivity contribution < 1.29 is 9.52 Å². The lowest BCUT2D eigenvalue weighted by atomic mass is 10.3. The Labute approximate surface area is 114 Å².